The van der Waals surface area contributed by atoms with E-state index in [9.17, 15) is 18.0 Å². The summed E-state index contributed by atoms with van der Waals surface area (Å²) in [5.74, 6) is -0.350. The van der Waals surface area contributed by atoms with Crippen LogP contribution in [0.5, 0.6) is 0 Å². The van der Waals surface area contributed by atoms with Gasteiger partial charge in [0.15, 0.2) is 0 Å². The Balaban J connectivity index is 1.86. The second kappa shape index (κ2) is 6.46. The molecule has 3 aromatic rings. The third-order valence-electron chi connectivity index (χ3n) is 4.49. The van der Waals surface area contributed by atoms with Gasteiger partial charge in [-0.3, -0.25) is 9.69 Å². The molecule has 3 aromatic carbocycles. The molecule has 4 rings (SSSR count). The maximum atomic E-state index is 13.2. The van der Waals surface area contributed by atoms with Crippen molar-refractivity contribution < 1.29 is 18.0 Å². The monoisotopic (exact) mass is 368 g/mol. The van der Waals surface area contributed by atoms with Crippen molar-refractivity contribution in [3.63, 3.8) is 0 Å². The van der Waals surface area contributed by atoms with Crippen molar-refractivity contribution in [2.45, 2.75) is 12.3 Å². The van der Waals surface area contributed by atoms with E-state index in [1.807, 2.05) is 30.3 Å². The summed E-state index contributed by atoms with van der Waals surface area (Å²) in [6.45, 7) is 0. The Bertz CT molecular complexity index is 986. The lowest BCUT2D eigenvalue weighted by Crippen LogP contribution is -2.43. The van der Waals surface area contributed by atoms with Crippen LogP contribution in [0.3, 0.4) is 0 Å². The van der Waals surface area contributed by atoms with E-state index in [0.717, 1.165) is 17.7 Å². The molecule has 0 radical (unpaired) electrons. The number of amides is 1. The predicted octanol–water partition coefficient (Wildman–Crippen LogP) is 5.48. The number of nitrogens with one attached hydrogen (secondary N) is 1. The van der Waals surface area contributed by atoms with Gasteiger partial charge in [-0.15, -0.1) is 0 Å². The number of carbonyl (C=O) groups is 1. The van der Waals surface area contributed by atoms with Crippen LogP contribution in [-0.2, 0) is 6.18 Å². The Morgan fingerprint density at radius 2 is 1.56 bits per heavy atom. The minimum Gasteiger partial charge on any atom is -0.360 e. The van der Waals surface area contributed by atoms with Crippen molar-refractivity contribution in [2.24, 2.45) is 0 Å². The number of alkyl halides is 3. The summed E-state index contributed by atoms with van der Waals surface area (Å²) in [5.41, 5.74) is 1.24. The van der Waals surface area contributed by atoms with Crippen LogP contribution in [0.2, 0.25) is 0 Å². The fourth-order valence-corrected chi connectivity index (χ4v) is 3.22. The molecule has 1 amide bonds. The van der Waals surface area contributed by atoms with Gasteiger partial charge in [-0.05, 0) is 35.9 Å². The SMILES string of the molecule is O=C1c2ccccc2N[C@@H](c2ccccc2)N1c1cccc(C(F)(F)F)c1. The Morgan fingerprint density at radius 3 is 2.30 bits per heavy atom. The van der Waals surface area contributed by atoms with Crippen molar-refractivity contribution >= 4 is 17.3 Å². The number of hydrogen-bond donors (Lipinski definition) is 1. The van der Waals surface area contributed by atoms with Crippen molar-refractivity contribution in [3.8, 4) is 0 Å². The third kappa shape index (κ3) is 3.14. The van der Waals surface area contributed by atoms with Crippen molar-refractivity contribution in [2.75, 3.05) is 10.2 Å². The van der Waals surface area contributed by atoms with E-state index in [0.29, 0.717) is 11.3 Å². The number of hydrogen-bond acceptors (Lipinski definition) is 2. The number of rotatable bonds is 2. The van der Waals surface area contributed by atoms with Crippen LogP contribution in [0.4, 0.5) is 24.5 Å². The van der Waals surface area contributed by atoms with Gasteiger partial charge in [0.25, 0.3) is 5.91 Å². The minimum absolute atomic E-state index is 0.186. The van der Waals surface area contributed by atoms with Gasteiger partial charge in [0.05, 0.1) is 11.1 Å². The van der Waals surface area contributed by atoms with Gasteiger partial charge in [0.2, 0.25) is 0 Å². The van der Waals surface area contributed by atoms with Crippen LogP contribution < -0.4 is 10.2 Å². The molecule has 1 N–H and O–H groups in total. The molecule has 0 spiro atoms. The van der Waals surface area contributed by atoms with Gasteiger partial charge in [-0.1, -0.05) is 48.5 Å². The molecule has 27 heavy (non-hydrogen) atoms. The van der Waals surface area contributed by atoms with E-state index in [1.165, 1.54) is 17.0 Å². The Kier molecular flexibility index (Phi) is 4.11. The van der Waals surface area contributed by atoms with E-state index >= 15 is 0 Å². The van der Waals surface area contributed by atoms with E-state index in [4.69, 9.17) is 0 Å². The number of para-hydroxylation sites is 1. The molecular weight excluding hydrogens is 353 g/mol. The fraction of sp³-hybridized carbons (Fsp3) is 0.0952. The maximum absolute atomic E-state index is 13.2. The Hall–Kier alpha value is -3.28. The zero-order valence-electron chi connectivity index (χ0n) is 14.1. The van der Waals surface area contributed by atoms with E-state index in [2.05, 4.69) is 5.32 Å². The van der Waals surface area contributed by atoms with Crippen molar-refractivity contribution in [1.29, 1.82) is 0 Å². The van der Waals surface area contributed by atoms with Crippen LogP contribution in [-0.4, -0.2) is 5.91 Å². The molecule has 6 heteroatoms. The summed E-state index contributed by atoms with van der Waals surface area (Å²) < 4.78 is 39.5. The Labute approximate surface area is 154 Å². The lowest BCUT2D eigenvalue weighted by Gasteiger charge is -2.38. The molecule has 0 unspecified atom stereocenters. The lowest BCUT2D eigenvalue weighted by atomic mass is 10.0. The van der Waals surface area contributed by atoms with E-state index in [1.54, 1.807) is 24.3 Å². The molecule has 3 nitrogen and oxygen atoms in total. The normalized spacial score (nSPS) is 16.6. The molecule has 1 aliphatic rings. The summed E-state index contributed by atoms with van der Waals surface area (Å²) in [4.78, 5) is 14.5. The summed E-state index contributed by atoms with van der Waals surface area (Å²) >= 11 is 0. The first kappa shape index (κ1) is 17.1. The predicted molar refractivity (Wildman–Crippen MR) is 97.5 cm³/mol. The summed E-state index contributed by atoms with van der Waals surface area (Å²) in [6.07, 6.45) is -5.10. The molecule has 1 aliphatic heterocycles. The van der Waals surface area contributed by atoms with Crippen LogP contribution >= 0.6 is 0 Å². The average molecular weight is 368 g/mol. The number of benzene rings is 3. The van der Waals surface area contributed by atoms with Crippen LogP contribution in [0.15, 0.2) is 78.9 Å². The first-order valence-electron chi connectivity index (χ1n) is 8.36. The van der Waals surface area contributed by atoms with Gasteiger partial charge < -0.3 is 5.32 Å². The summed E-state index contributed by atoms with van der Waals surface area (Å²) in [6, 6.07) is 21.0. The summed E-state index contributed by atoms with van der Waals surface area (Å²) in [5, 5.41) is 3.27. The van der Waals surface area contributed by atoms with E-state index in [-0.39, 0.29) is 11.6 Å². The van der Waals surface area contributed by atoms with Gasteiger partial charge in [0.1, 0.15) is 6.17 Å². The molecule has 1 atom stereocenters. The molecule has 1 heterocycles. The number of carbonyl (C=O) groups excluding carboxylic acids is 1. The van der Waals surface area contributed by atoms with Gasteiger partial charge in [-0.25, -0.2) is 0 Å². The lowest BCUT2D eigenvalue weighted by molar-refractivity contribution is -0.137. The topological polar surface area (TPSA) is 32.3 Å². The molecule has 0 bridgehead atoms. The molecule has 0 saturated carbocycles. The zero-order valence-corrected chi connectivity index (χ0v) is 14.1. The Morgan fingerprint density at radius 1 is 0.852 bits per heavy atom. The largest absolute Gasteiger partial charge is 0.416 e. The third-order valence-corrected chi connectivity index (χ3v) is 4.49. The molecule has 0 fully saturated rings. The highest BCUT2D eigenvalue weighted by molar-refractivity contribution is 6.12. The molecular formula is C21H15F3N2O. The van der Waals surface area contributed by atoms with Gasteiger partial charge >= 0.3 is 6.18 Å². The molecule has 0 aliphatic carbocycles. The number of anilines is 2. The number of halogens is 3. The highest BCUT2D eigenvalue weighted by Crippen LogP contribution is 2.38. The van der Waals surface area contributed by atoms with Crippen LogP contribution in [0.25, 0.3) is 0 Å². The zero-order chi connectivity index (χ0) is 19.0. The second-order valence-electron chi connectivity index (χ2n) is 6.23. The second-order valence-corrected chi connectivity index (χ2v) is 6.23. The maximum Gasteiger partial charge on any atom is 0.416 e. The first-order valence-corrected chi connectivity index (χ1v) is 8.36. The number of nitrogens with zero attached hydrogens (tertiary/aromatic N) is 1. The van der Waals surface area contributed by atoms with E-state index < -0.39 is 17.9 Å². The fourth-order valence-electron chi connectivity index (χ4n) is 3.22. The molecule has 0 saturated heterocycles. The highest BCUT2D eigenvalue weighted by atomic mass is 19.4. The van der Waals surface area contributed by atoms with Crippen LogP contribution in [0, 0.1) is 0 Å². The highest BCUT2D eigenvalue weighted by Gasteiger charge is 2.36. The summed E-state index contributed by atoms with van der Waals surface area (Å²) in [7, 11) is 0. The quantitative estimate of drug-likeness (QED) is 0.650. The molecule has 136 valence electrons. The standard InChI is InChI=1S/C21H15F3N2O/c22-21(23,24)15-9-6-10-16(13-15)26-19(14-7-2-1-3-8-14)25-18-12-5-4-11-17(18)20(26)27/h1-13,19,25H/t19-/m1/s1. The van der Waals surface area contributed by atoms with Gasteiger partial charge in [0, 0.05) is 11.4 Å². The minimum atomic E-state index is -4.48. The van der Waals surface area contributed by atoms with Crippen molar-refractivity contribution in [1.82, 2.24) is 0 Å². The first-order chi connectivity index (χ1) is 12.9. The number of fused-ring (bicyclic) bond motifs is 1. The van der Waals surface area contributed by atoms with Crippen molar-refractivity contribution in [3.05, 3.63) is 95.6 Å². The smallest absolute Gasteiger partial charge is 0.360 e. The van der Waals surface area contributed by atoms with Crippen LogP contribution in [0.1, 0.15) is 27.7 Å². The van der Waals surface area contributed by atoms with Gasteiger partial charge in [-0.2, -0.15) is 13.2 Å². The average Bonchev–Trinajstić information content (AvgIpc) is 2.68. The molecule has 0 aromatic heterocycles.